The van der Waals surface area contributed by atoms with Gasteiger partial charge in [0.2, 0.25) is 5.91 Å². The van der Waals surface area contributed by atoms with Gasteiger partial charge < -0.3 is 10.6 Å². The Morgan fingerprint density at radius 1 is 0.933 bits per heavy atom. The Morgan fingerprint density at radius 3 is 2.07 bits per heavy atom. The SMILES string of the molecule is Cc1c(F)cc(F)cc1[C@@H](C)N(C(=O)c1ccccc1)[C@@H](C(N)=O)c1ccccc1. The summed E-state index contributed by atoms with van der Waals surface area (Å²) in [6, 6.07) is 17.0. The molecule has 0 bridgehead atoms. The van der Waals surface area contributed by atoms with E-state index in [0.717, 1.165) is 6.07 Å². The molecule has 0 spiro atoms. The van der Waals surface area contributed by atoms with Crippen molar-refractivity contribution < 1.29 is 18.4 Å². The third kappa shape index (κ3) is 4.22. The van der Waals surface area contributed by atoms with Gasteiger partial charge in [0.25, 0.3) is 5.91 Å². The summed E-state index contributed by atoms with van der Waals surface area (Å²) < 4.78 is 28.2. The zero-order valence-corrected chi connectivity index (χ0v) is 16.7. The summed E-state index contributed by atoms with van der Waals surface area (Å²) in [5, 5.41) is 0. The van der Waals surface area contributed by atoms with Crippen molar-refractivity contribution in [1.82, 2.24) is 4.90 Å². The molecule has 3 aromatic carbocycles. The molecule has 0 unspecified atom stereocenters. The van der Waals surface area contributed by atoms with Crippen molar-refractivity contribution in [3.8, 4) is 0 Å². The summed E-state index contributed by atoms with van der Waals surface area (Å²) in [7, 11) is 0. The molecule has 0 aliphatic carbocycles. The molecule has 0 radical (unpaired) electrons. The van der Waals surface area contributed by atoms with Crippen LogP contribution in [0.1, 0.15) is 46.1 Å². The standard InChI is InChI=1S/C24H22F2N2O2/c1-15-20(13-19(25)14-21(15)26)16(2)28(24(30)18-11-7-4-8-12-18)22(23(27)29)17-9-5-3-6-10-17/h3-14,16,22H,1-2H3,(H2,27,29)/t16-,22-/m1/s1. The van der Waals surface area contributed by atoms with E-state index < -0.39 is 35.5 Å². The number of hydrogen-bond acceptors (Lipinski definition) is 2. The average Bonchev–Trinajstić information content (AvgIpc) is 2.74. The third-order valence-corrected chi connectivity index (χ3v) is 5.13. The van der Waals surface area contributed by atoms with E-state index in [4.69, 9.17) is 5.73 Å². The van der Waals surface area contributed by atoms with E-state index in [2.05, 4.69) is 0 Å². The molecule has 4 nitrogen and oxygen atoms in total. The van der Waals surface area contributed by atoms with Crippen LogP contribution in [-0.4, -0.2) is 16.7 Å². The van der Waals surface area contributed by atoms with E-state index >= 15 is 0 Å². The Morgan fingerprint density at radius 2 is 1.50 bits per heavy atom. The van der Waals surface area contributed by atoms with E-state index in [1.54, 1.807) is 67.6 Å². The molecule has 0 aromatic heterocycles. The first-order valence-electron chi connectivity index (χ1n) is 9.48. The maximum atomic E-state index is 14.2. The summed E-state index contributed by atoms with van der Waals surface area (Å²) in [6.45, 7) is 3.13. The predicted octanol–water partition coefficient (Wildman–Crippen LogP) is 4.70. The number of nitrogens with zero attached hydrogens (tertiary/aromatic N) is 1. The Bertz CT molecular complexity index is 1060. The van der Waals surface area contributed by atoms with Crippen LogP contribution in [0.2, 0.25) is 0 Å². The number of primary amides is 1. The maximum Gasteiger partial charge on any atom is 0.255 e. The van der Waals surface area contributed by atoms with Gasteiger partial charge in [0, 0.05) is 11.6 Å². The first kappa shape index (κ1) is 21.2. The molecule has 0 saturated heterocycles. The van der Waals surface area contributed by atoms with Gasteiger partial charge in [-0.2, -0.15) is 0 Å². The van der Waals surface area contributed by atoms with Crippen LogP contribution < -0.4 is 5.73 Å². The van der Waals surface area contributed by atoms with Gasteiger partial charge >= 0.3 is 0 Å². The molecular weight excluding hydrogens is 386 g/mol. The fraction of sp³-hybridized carbons (Fsp3) is 0.167. The van der Waals surface area contributed by atoms with Crippen LogP contribution in [0, 0.1) is 18.6 Å². The van der Waals surface area contributed by atoms with Crippen molar-refractivity contribution in [2.75, 3.05) is 0 Å². The summed E-state index contributed by atoms with van der Waals surface area (Å²) in [5.74, 6) is -2.70. The normalized spacial score (nSPS) is 12.8. The zero-order chi connectivity index (χ0) is 21.8. The van der Waals surface area contributed by atoms with Crippen LogP contribution in [0.15, 0.2) is 72.8 Å². The lowest BCUT2D eigenvalue weighted by Crippen LogP contribution is -2.43. The summed E-state index contributed by atoms with van der Waals surface area (Å²) in [5.41, 5.74) is 7.03. The molecule has 3 aromatic rings. The molecule has 0 aliphatic rings. The highest BCUT2D eigenvalue weighted by Crippen LogP contribution is 2.34. The highest BCUT2D eigenvalue weighted by molar-refractivity contribution is 5.98. The number of carbonyl (C=O) groups is 2. The van der Waals surface area contributed by atoms with Crippen molar-refractivity contribution in [3.05, 3.63) is 107 Å². The highest BCUT2D eigenvalue weighted by atomic mass is 19.1. The van der Waals surface area contributed by atoms with E-state index in [-0.39, 0.29) is 11.1 Å². The highest BCUT2D eigenvalue weighted by Gasteiger charge is 2.35. The number of rotatable bonds is 6. The lowest BCUT2D eigenvalue weighted by Gasteiger charge is -2.36. The second-order valence-corrected chi connectivity index (χ2v) is 7.07. The topological polar surface area (TPSA) is 63.4 Å². The summed E-state index contributed by atoms with van der Waals surface area (Å²) >= 11 is 0. The fourth-order valence-corrected chi connectivity index (χ4v) is 3.59. The van der Waals surface area contributed by atoms with E-state index in [1.165, 1.54) is 17.9 Å². The van der Waals surface area contributed by atoms with Crippen LogP contribution in [-0.2, 0) is 4.79 Å². The van der Waals surface area contributed by atoms with Gasteiger partial charge in [-0.1, -0.05) is 48.5 Å². The van der Waals surface area contributed by atoms with E-state index in [9.17, 15) is 18.4 Å². The minimum atomic E-state index is -1.13. The number of carbonyl (C=O) groups excluding carboxylic acids is 2. The molecule has 30 heavy (non-hydrogen) atoms. The molecule has 154 valence electrons. The molecule has 2 N–H and O–H groups in total. The summed E-state index contributed by atoms with van der Waals surface area (Å²) in [6.07, 6.45) is 0. The lowest BCUT2D eigenvalue weighted by atomic mass is 9.95. The number of halogens is 2. The largest absolute Gasteiger partial charge is 0.368 e. The minimum Gasteiger partial charge on any atom is -0.368 e. The lowest BCUT2D eigenvalue weighted by molar-refractivity contribution is -0.123. The van der Waals surface area contributed by atoms with Crippen LogP contribution in [0.25, 0.3) is 0 Å². The summed E-state index contributed by atoms with van der Waals surface area (Å²) in [4.78, 5) is 27.3. The van der Waals surface area contributed by atoms with Gasteiger partial charge in [-0.05, 0) is 48.7 Å². The van der Waals surface area contributed by atoms with Crippen molar-refractivity contribution in [1.29, 1.82) is 0 Å². The van der Waals surface area contributed by atoms with Crippen molar-refractivity contribution in [3.63, 3.8) is 0 Å². The second-order valence-electron chi connectivity index (χ2n) is 7.07. The smallest absolute Gasteiger partial charge is 0.255 e. The first-order valence-corrected chi connectivity index (χ1v) is 9.48. The number of amides is 2. The Labute approximate surface area is 173 Å². The molecule has 6 heteroatoms. The van der Waals surface area contributed by atoms with Gasteiger partial charge in [-0.15, -0.1) is 0 Å². The minimum absolute atomic E-state index is 0.200. The van der Waals surface area contributed by atoms with Crippen molar-refractivity contribution in [2.45, 2.75) is 25.9 Å². The van der Waals surface area contributed by atoms with Crippen LogP contribution in [0.5, 0.6) is 0 Å². The van der Waals surface area contributed by atoms with Gasteiger partial charge in [-0.3, -0.25) is 9.59 Å². The van der Waals surface area contributed by atoms with Gasteiger partial charge in [-0.25, -0.2) is 8.78 Å². The van der Waals surface area contributed by atoms with E-state index in [1.807, 2.05) is 0 Å². The number of nitrogens with two attached hydrogens (primary N) is 1. The van der Waals surface area contributed by atoms with Crippen molar-refractivity contribution in [2.24, 2.45) is 5.73 Å². The van der Waals surface area contributed by atoms with E-state index in [0.29, 0.717) is 11.1 Å². The quantitative estimate of drug-likeness (QED) is 0.642. The van der Waals surface area contributed by atoms with Gasteiger partial charge in [0.05, 0.1) is 6.04 Å². The monoisotopic (exact) mass is 408 g/mol. The first-order chi connectivity index (χ1) is 14.3. The Hall–Kier alpha value is -3.54. The predicted molar refractivity (Wildman–Crippen MR) is 110 cm³/mol. The third-order valence-electron chi connectivity index (χ3n) is 5.13. The molecule has 0 heterocycles. The molecule has 0 saturated carbocycles. The Kier molecular flexibility index (Phi) is 6.26. The van der Waals surface area contributed by atoms with Crippen molar-refractivity contribution >= 4 is 11.8 Å². The molecule has 3 rings (SSSR count). The Balaban J connectivity index is 2.19. The van der Waals surface area contributed by atoms with Crippen LogP contribution >= 0.6 is 0 Å². The molecule has 0 fully saturated rings. The second kappa shape index (κ2) is 8.86. The molecule has 2 atom stereocenters. The number of hydrogen-bond donors (Lipinski definition) is 1. The van der Waals surface area contributed by atoms with Crippen LogP contribution in [0.4, 0.5) is 8.78 Å². The number of benzene rings is 3. The molecular formula is C24H22F2N2O2. The molecule has 2 amide bonds. The zero-order valence-electron chi connectivity index (χ0n) is 16.7. The maximum absolute atomic E-state index is 14.2. The fourth-order valence-electron chi connectivity index (χ4n) is 3.59. The van der Waals surface area contributed by atoms with Gasteiger partial charge in [0.1, 0.15) is 17.7 Å². The van der Waals surface area contributed by atoms with Gasteiger partial charge in [0.15, 0.2) is 0 Å². The van der Waals surface area contributed by atoms with Crippen LogP contribution in [0.3, 0.4) is 0 Å². The average molecular weight is 408 g/mol. The molecule has 0 aliphatic heterocycles.